The van der Waals surface area contributed by atoms with Crippen LogP contribution in [0.15, 0.2) is 109 Å². The molecule has 0 aliphatic heterocycles. The summed E-state index contributed by atoms with van der Waals surface area (Å²) in [6.45, 7) is 0. The van der Waals surface area contributed by atoms with Gasteiger partial charge >= 0.3 is 11.9 Å². The van der Waals surface area contributed by atoms with Crippen LogP contribution in [-0.4, -0.2) is 24.1 Å². The highest BCUT2D eigenvalue weighted by Crippen LogP contribution is 2.26. The second-order valence-electron chi connectivity index (χ2n) is 9.18. The van der Waals surface area contributed by atoms with Crippen LogP contribution >= 0.6 is 0 Å². The van der Waals surface area contributed by atoms with E-state index < -0.39 is 24.1 Å². The molecule has 192 valence electrons. The minimum atomic E-state index is -0.593. The lowest BCUT2D eigenvalue weighted by Crippen LogP contribution is -2.36. The Morgan fingerprint density at radius 3 is 1.18 bits per heavy atom. The third-order valence-electron chi connectivity index (χ3n) is 6.59. The van der Waals surface area contributed by atoms with Crippen LogP contribution in [0.2, 0.25) is 0 Å². The van der Waals surface area contributed by atoms with Crippen molar-refractivity contribution in [1.29, 1.82) is 0 Å². The molecule has 1 aliphatic rings. The fourth-order valence-electron chi connectivity index (χ4n) is 4.45. The van der Waals surface area contributed by atoms with Crippen molar-refractivity contribution in [2.75, 3.05) is 0 Å². The van der Waals surface area contributed by atoms with E-state index in [4.69, 9.17) is 19.6 Å². The molecular formula is C32H28O6. The van der Waals surface area contributed by atoms with Gasteiger partial charge in [-0.05, 0) is 59.4 Å². The van der Waals surface area contributed by atoms with Crippen LogP contribution in [0.3, 0.4) is 0 Å². The van der Waals surface area contributed by atoms with E-state index in [1.165, 1.54) is 0 Å². The molecule has 6 nitrogen and oxygen atoms in total. The normalized spacial score (nSPS) is 16.9. The van der Waals surface area contributed by atoms with E-state index in [2.05, 4.69) is 0 Å². The van der Waals surface area contributed by atoms with E-state index in [0.717, 1.165) is 35.1 Å². The molecule has 0 N–H and O–H groups in total. The quantitative estimate of drug-likeness (QED) is 0.185. The number of carbonyl (C=O) groups is 2. The minimum Gasteiger partial charge on any atom is -0.292 e. The molecule has 1 fully saturated rings. The molecule has 0 heterocycles. The van der Waals surface area contributed by atoms with Crippen LogP contribution in [0.5, 0.6) is 0 Å². The Labute approximate surface area is 221 Å². The third kappa shape index (κ3) is 6.35. The Balaban J connectivity index is 1.13. The zero-order valence-electron chi connectivity index (χ0n) is 20.8. The zero-order valence-corrected chi connectivity index (χ0v) is 20.8. The minimum absolute atomic E-state index is 0.378. The maximum atomic E-state index is 12.5. The van der Waals surface area contributed by atoms with E-state index in [0.29, 0.717) is 24.0 Å². The van der Waals surface area contributed by atoms with E-state index in [1.807, 2.05) is 84.9 Å². The van der Waals surface area contributed by atoms with Crippen LogP contribution in [0.4, 0.5) is 0 Å². The van der Waals surface area contributed by atoms with E-state index in [-0.39, 0.29) is 0 Å². The van der Waals surface area contributed by atoms with Crippen molar-refractivity contribution in [3.8, 4) is 22.3 Å². The van der Waals surface area contributed by atoms with Gasteiger partial charge in [-0.15, -0.1) is 0 Å². The van der Waals surface area contributed by atoms with Gasteiger partial charge in [-0.2, -0.15) is 9.78 Å². The van der Waals surface area contributed by atoms with E-state index >= 15 is 0 Å². The van der Waals surface area contributed by atoms with Crippen molar-refractivity contribution in [3.63, 3.8) is 0 Å². The molecule has 0 saturated heterocycles. The first-order valence-electron chi connectivity index (χ1n) is 12.7. The molecule has 0 radical (unpaired) electrons. The Morgan fingerprint density at radius 2 is 0.816 bits per heavy atom. The average molecular weight is 509 g/mol. The van der Waals surface area contributed by atoms with Crippen molar-refractivity contribution in [3.05, 3.63) is 120 Å². The highest BCUT2D eigenvalue weighted by Gasteiger charge is 2.31. The molecular weight excluding hydrogens is 480 g/mol. The summed E-state index contributed by atoms with van der Waals surface area (Å²) < 4.78 is 0. The molecule has 5 rings (SSSR count). The summed E-state index contributed by atoms with van der Waals surface area (Å²) in [6, 6.07) is 34.1. The van der Waals surface area contributed by atoms with Gasteiger partial charge in [0.2, 0.25) is 0 Å². The SMILES string of the molecule is O=C(OOC1CCCCC1OOC(=O)c1ccc(-c2ccccc2)cc1)c1ccc(-c2ccccc2)cc1. The van der Waals surface area contributed by atoms with Crippen LogP contribution in [-0.2, 0) is 19.6 Å². The standard InChI is InChI=1S/C32H28O6/c33-31(27-19-15-25(16-20-27)23-9-3-1-4-10-23)37-35-29-13-7-8-14-30(29)36-38-32(34)28-21-17-26(18-22-28)24-11-5-2-6-12-24/h1-6,9-12,15-22,29-30H,7-8,13-14H2. The van der Waals surface area contributed by atoms with Gasteiger partial charge in [0.05, 0.1) is 11.1 Å². The lowest BCUT2D eigenvalue weighted by atomic mass is 9.95. The van der Waals surface area contributed by atoms with Crippen molar-refractivity contribution in [2.24, 2.45) is 0 Å². The Bertz CT molecular complexity index is 1230. The number of hydrogen-bond donors (Lipinski definition) is 0. The fourth-order valence-corrected chi connectivity index (χ4v) is 4.45. The highest BCUT2D eigenvalue weighted by atomic mass is 17.2. The predicted octanol–water partition coefficient (Wildman–Crippen LogP) is 7.21. The largest absolute Gasteiger partial charge is 0.373 e. The molecule has 4 aromatic rings. The third-order valence-corrected chi connectivity index (χ3v) is 6.59. The molecule has 4 aromatic carbocycles. The first kappa shape index (κ1) is 25.4. The second kappa shape index (κ2) is 12.3. The molecule has 1 saturated carbocycles. The number of benzene rings is 4. The zero-order chi connectivity index (χ0) is 26.2. The summed E-state index contributed by atoms with van der Waals surface area (Å²) in [5.41, 5.74) is 4.88. The first-order chi connectivity index (χ1) is 18.7. The lowest BCUT2D eigenvalue weighted by molar-refractivity contribution is -0.352. The summed E-state index contributed by atoms with van der Waals surface area (Å²) >= 11 is 0. The van der Waals surface area contributed by atoms with Crippen LogP contribution in [0, 0.1) is 0 Å². The number of rotatable bonds is 8. The molecule has 0 spiro atoms. The van der Waals surface area contributed by atoms with Gasteiger partial charge in [0, 0.05) is 0 Å². The van der Waals surface area contributed by atoms with Gasteiger partial charge in [-0.25, -0.2) is 9.59 Å². The summed E-state index contributed by atoms with van der Waals surface area (Å²) in [7, 11) is 0. The molecule has 0 aromatic heterocycles. The van der Waals surface area contributed by atoms with Gasteiger partial charge in [0.25, 0.3) is 0 Å². The highest BCUT2D eigenvalue weighted by molar-refractivity contribution is 5.90. The maximum Gasteiger partial charge on any atom is 0.373 e. The van der Waals surface area contributed by atoms with Gasteiger partial charge < -0.3 is 0 Å². The molecule has 0 amide bonds. The molecule has 2 atom stereocenters. The van der Waals surface area contributed by atoms with Gasteiger partial charge in [-0.1, -0.05) is 97.8 Å². The summed E-state index contributed by atoms with van der Waals surface area (Å²) in [6.07, 6.45) is 1.95. The predicted molar refractivity (Wildman–Crippen MR) is 143 cm³/mol. The molecule has 6 heteroatoms. The summed E-state index contributed by atoms with van der Waals surface area (Å²) in [4.78, 5) is 46.3. The number of hydrogen-bond acceptors (Lipinski definition) is 6. The van der Waals surface area contributed by atoms with Crippen molar-refractivity contribution in [1.82, 2.24) is 0 Å². The molecule has 1 aliphatic carbocycles. The van der Waals surface area contributed by atoms with Crippen LogP contribution in [0.25, 0.3) is 22.3 Å². The monoisotopic (exact) mass is 508 g/mol. The van der Waals surface area contributed by atoms with Gasteiger partial charge in [-0.3, -0.25) is 9.78 Å². The van der Waals surface area contributed by atoms with Crippen molar-refractivity contribution < 1.29 is 29.1 Å². The smallest absolute Gasteiger partial charge is 0.292 e. The Hall–Kier alpha value is -4.26. The fraction of sp³-hybridized carbons (Fsp3) is 0.188. The Morgan fingerprint density at radius 1 is 0.474 bits per heavy atom. The first-order valence-corrected chi connectivity index (χ1v) is 12.7. The molecule has 0 bridgehead atoms. The maximum absolute atomic E-state index is 12.5. The van der Waals surface area contributed by atoms with Gasteiger partial charge in [0.1, 0.15) is 12.2 Å². The van der Waals surface area contributed by atoms with Crippen molar-refractivity contribution >= 4 is 11.9 Å². The molecule has 38 heavy (non-hydrogen) atoms. The van der Waals surface area contributed by atoms with Crippen LogP contribution < -0.4 is 0 Å². The van der Waals surface area contributed by atoms with Crippen LogP contribution in [0.1, 0.15) is 46.4 Å². The summed E-state index contributed by atoms with van der Waals surface area (Å²) in [5, 5.41) is 0. The summed E-state index contributed by atoms with van der Waals surface area (Å²) in [5.74, 6) is -1.19. The average Bonchev–Trinajstić information content (AvgIpc) is 3.00. The lowest BCUT2D eigenvalue weighted by Gasteiger charge is -2.28. The number of carbonyl (C=O) groups excluding carboxylic acids is 2. The second-order valence-corrected chi connectivity index (χ2v) is 9.18. The van der Waals surface area contributed by atoms with E-state index in [1.54, 1.807) is 24.3 Å². The van der Waals surface area contributed by atoms with E-state index in [9.17, 15) is 9.59 Å². The topological polar surface area (TPSA) is 71.1 Å². The van der Waals surface area contributed by atoms with Gasteiger partial charge in [0.15, 0.2) is 0 Å². The molecule has 2 unspecified atom stereocenters. The van der Waals surface area contributed by atoms with Crippen molar-refractivity contribution in [2.45, 2.75) is 37.9 Å². The Kier molecular flexibility index (Phi) is 8.23.